The van der Waals surface area contributed by atoms with E-state index < -0.39 is 5.60 Å². The molecule has 0 fully saturated rings. The SMILES string of the molecule is C/C=C\SC(C)c1ccc(CC(Cc2ccc(-c3cccs3)cc2)C(C)(C)O)cc1. The Morgan fingerprint density at radius 2 is 1.57 bits per heavy atom. The highest BCUT2D eigenvalue weighted by Crippen LogP contribution is 2.31. The summed E-state index contributed by atoms with van der Waals surface area (Å²) in [6, 6.07) is 21.9. The van der Waals surface area contributed by atoms with Crippen LogP contribution in [-0.4, -0.2) is 10.7 Å². The van der Waals surface area contributed by atoms with E-state index in [9.17, 15) is 5.11 Å². The molecule has 30 heavy (non-hydrogen) atoms. The summed E-state index contributed by atoms with van der Waals surface area (Å²) in [6.07, 6.45) is 3.81. The van der Waals surface area contributed by atoms with Crippen molar-refractivity contribution in [1.29, 1.82) is 0 Å². The average molecular weight is 437 g/mol. The van der Waals surface area contributed by atoms with Crippen molar-refractivity contribution in [2.75, 3.05) is 0 Å². The Hall–Kier alpha value is -1.81. The lowest BCUT2D eigenvalue weighted by molar-refractivity contribution is 0.0171. The predicted molar refractivity (Wildman–Crippen MR) is 134 cm³/mol. The lowest BCUT2D eigenvalue weighted by Crippen LogP contribution is -2.34. The lowest BCUT2D eigenvalue weighted by Gasteiger charge is -2.30. The second-order valence-electron chi connectivity index (χ2n) is 8.42. The minimum Gasteiger partial charge on any atom is -0.390 e. The first-order valence-electron chi connectivity index (χ1n) is 10.6. The molecule has 3 heteroatoms. The van der Waals surface area contributed by atoms with Crippen LogP contribution in [0.15, 0.2) is 77.5 Å². The van der Waals surface area contributed by atoms with Gasteiger partial charge in [0.2, 0.25) is 0 Å². The Balaban J connectivity index is 1.69. The van der Waals surface area contributed by atoms with Crippen molar-refractivity contribution in [1.82, 2.24) is 0 Å². The van der Waals surface area contributed by atoms with Crippen LogP contribution < -0.4 is 0 Å². The van der Waals surface area contributed by atoms with Gasteiger partial charge >= 0.3 is 0 Å². The Morgan fingerprint density at radius 1 is 0.967 bits per heavy atom. The summed E-state index contributed by atoms with van der Waals surface area (Å²) in [5.74, 6) is 0.158. The molecule has 0 saturated heterocycles. The number of allylic oxidation sites excluding steroid dienone is 1. The van der Waals surface area contributed by atoms with Gasteiger partial charge in [0, 0.05) is 10.1 Å². The molecule has 2 aromatic carbocycles. The van der Waals surface area contributed by atoms with E-state index in [1.807, 2.05) is 25.6 Å². The van der Waals surface area contributed by atoms with Crippen LogP contribution in [0.5, 0.6) is 0 Å². The van der Waals surface area contributed by atoms with Gasteiger partial charge in [-0.15, -0.1) is 23.1 Å². The Labute approximate surface area is 189 Å². The molecule has 0 amide bonds. The first kappa shape index (κ1) is 22.9. The quantitative estimate of drug-likeness (QED) is 0.368. The van der Waals surface area contributed by atoms with Crippen molar-refractivity contribution in [2.24, 2.45) is 5.92 Å². The van der Waals surface area contributed by atoms with E-state index in [0.717, 1.165) is 12.8 Å². The zero-order valence-electron chi connectivity index (χ0n) is 18.3. The van der Waals surface area contributed by atoms with E-state index >= 15 is 0 Å². The largest absolute Gasteiger partial charge is 0.390 e. The summed E-state index contributed by atoms with van der Waals surface area (Å²) in [6.45, 7) is 8.15. The first-order chi connectivity index (χ1) is 14.4. The standard InChI is InChI=1S/C27H32OS2/c1-5-16-29-20(2)23-12-8-21(9-13-23)18-25(27(3,4)28)19-22-10-14-24(15-11-22)26-7-6-17-30-26/h5-17,20,25,28H,18-19H2,1-4H3/b16-5-. The van der Waals surface area contributed by atoms with E-state index in [4.69, 9.17) is 0 Å². The molecule has 1 N–H and O–H groups in total. The molecule has 3 aromatic rings. The third-order valence-corrected chi connectivity index (χ3v) is 7.62. The second kappa shape index (κ2) is 10.5. The summed E-state index contributed by atoms with van der Waals surface area (Å²) in [7, 11) is 0. The number of aliphatic hydroxyl groups is 1. The summed E-state index contributed by atoms with van der Waals surface area (Å²) in [4.78, 5) is 1.29. The molecule has 158 valence electrons. The zero-order chi connectivity index (χ0) is 21.6. The molecule has 1 aromatic heterocycles. The van der Waals surface area contributed by atoms with E-state index in [0.29, 0.717) is 5.25 Å². The van der Waals surface area contributed by atoms with Gasteiger partial charge in [0.1, 0.15) is 0 Å². The van der Waals surface area contributed by atoms with Crippen LogP contribution in [0.3, 0.4) is 0 Å². The molecule has 2 atom stereocenters. The normalized spacial score (nSPS) is 14.2. The van der Waals surface area contributed by atoms with Crippen molar-refractivity contribution in [3.8, 4) is 10.4 Å². The van der Waals surface area contributed by atoms with Gasteiger partial charge in [0.05, 0.1) is 5.60 Å². The molecular weight excluding hydrogens is 404 g/mol. The average Bonchev–Trinajstić information content (AvgIpc) is 3.27. The fraction of sp³-hybridized carbons (Fsp3) is 0.333. The molecule has 1 nitrogen and oxygen atoms in total. The Kier molecular flexibility index (Phi) is 7.99. The maximum absolute atomic E-state index is 10.8. The van der Waals surface area contributed by atoms with Crippen LogP contribution in [0.25, 0.3) is 10.4 Å². The molecule has 0 saturated carbocycles. The predicted octanol–water partition coefficient (Wildman–Crippen LogP) is 7.92. The molecule has 2 unspecified atom stereocenters. The Bertz CT molecular complexity index is 916. The zero-order valence-corrected chi connectivity index (χ0v) is 20.0. The topological polar surface area (TPSA) is 20.2 Å². The van der Waals surface area contributed by atoms with E-state index in [-0.39, 0.29) is 5.92 Å². The van der Waals surface area contributed by atoms with Gasteiger partial charge in [-0.25, -0.2) is 0 Å². The van der Waals surface area contributed by atoms with Crippen LogP contribution in [0, 0.1) is 5.92 Å². The summed E-state index contributed by atoms with van der Waals surface area (Å²) in [5.41, 5.74) is 4.42. The van der Waals surface area contributed by atoms with Gasteiger partial charge in [0.15, 0.2) is 0 Å². The van der Waals surface area contributed by atoms with Gasteiger partial charge in [-0.3, -0.25) is 0 Å². The highest BCUT2D eigenvalue weighted by Gasteiger charge is 2.27. The molecular formula is C27H32OS2. The molecule has 0 bridgehead atoms. The number of benzene rings is 2. The highest BCUT2D eigenvalue weighted by atomic mass is 32.2. The highest BCUT2D eigenvalue weighted by molar-refractivity contribution is 8.02. The number of hydrogen-bond acceptors (Lipinski definition) is 3. The number of rotatable bonds is 9. The third kappa shape index (κ3) is 6.34. The number of thiophene rings is 1. The van der Waals surface area contributed by atoms with E-state index in [1.54, 1.807) is 11.3 Å². The molecule has 0 radical (unpaired) electrons. The molecule has 1 heterocycles. The van der Waals surface area contributed by atoms with Crippen molar-refractivity contribution in [2.45, 2.75) is 51.4 Å². The maximum Gasteiger partial charge on any atom is 0.0626 e. The van der Waals surface area contributed by atoms with Crippen molar-refractivity contribution in [3.63, 3.8) is 0 Å². The first-order valence-corrected chi connectivity index (χ1v) is 12.4. The Morgan fingerprint density at radius 3 is 2.07 bits per heavy atom. The summed E-state index contributed by atoms with van der Waals surface area (Å²) in [5, 5.41) is 15.5. The van der Waals surface area contributed by atoms with Crippen LogP contribution in [0.4, 0.5) is 0 Å². The van der Waals surface area contributed by atoms with Crippen LogP contribution in [0.2, 0.25) is 0 Å². The molecule has 0 aliphatic carbocycles. The molecule has 0 spiro atoms. The van der Waals surface area contributed by atoms with Gasteiger partial charge < -0.3 is 5.11 Å². The fourth-order valence-electron chi connectivity index (χ4n) is 3.59. The number of hydrogen-bond donors (Lipinski definition) is 1. The van der Waals surface area contributed by atoms with Gasteiger partial charge in [-0.1, -0.05) is 60.7 Å². The summed E-state index contributed by atoms with van der Waals surface area (Å²) < 4.78 is 0. The molecule has 0 aliphatic heterocycles. The summed E-state index contributed by atoms with van der Waals surface area (Å²) >= 11 is 3.60. The third-order valence-electron chi connectivity index (χ3n) is 5.59. The number of thioether (sulfide) groups is 1. The van der Waals surface area contributed by atoms with Crippen molar-refractivity contribution < 1.29 is 5.11 Å². The minimum atomic E-state index is -0.736. The van der Waals surface area contributed by atoms with Crippen molar-refractivity contribution >= 4 is 23.1 Å². The molecule has 3 rings (SSSR count). The van der Waals surface area contributed by atoms with E-state index in [2.05, 4.69) is 91.4 Å². The van der Waals surface area contributed by atoms with Gasteiger partial charge in [-0.2, -0.15) is 0 Å². The minimum absolute atomic E-state index is 0.158. The van der Waals surface area contributed by atoms with Crippen LogP contribution >= 0.6 is 23.1 Å². The fourth-order valence-corrected chi connectivity index (χ4v) is 5.03. The van der Waals surface area contributed by atoms with Crippen LogP contribution in [0.1, 0.15) is 49.6 Å². The monoisotopic (exact) mass is 436 g/mol. The lowest BCUT2D eigenvalue weighted by atomic mass is 9.81. The van der Waals surface area contributed by atoms with Gasteiger partial charge in [-0.05, 0) is 85.6 Å². The van der Waals surface area contributed by atoms with Crippen LogP contribution in [-0.2, 0) is 12.8 Å². The maximum atomic E-state index is 10.8. The van der Waals surface area contributed by atoms with E-state index in [1.165, 1.54) is 27.1 Å². The van der Waals surface area contributed by atoms with Crippen molar-refractivity contribution in [3.05, 3.63) is 94.2 Å². The smallest absolute Gasteiger partial charge is 0.0626 e. The second-order valence-corrected chi connectivity index (χ2v) is 10.6. The molecule has 0 aliphatic rings. The van der Waals surface area contributed by atoms with Gasteiger partial charge in [0.25, 0.3) is 0 Å².